The molecule has 0 aliphatic heterocycles. The Morgan fingerprint density at radius 2 is 2.06 bits per heavy atom. The molecule has 0 fully saturated rings. The van der Waals surface area contributed by atoms with Crippen LogP contribution in [0, 0.1) is 0 Å². The number of rotatable bonds is 5. The van der Waals surface area contributed by atoms with Gasteiger partial charge in [0.05, 0.1) is 11.6 Å². The van der Waals surface area contributed by atoms with Crippen molar-refractivity contribution in [1.82, 2.24) is 9.97 Å². The molecular weight excluding hydrogens is 294 g/mol. The van der Waals surface area contributed by atoms with E-state index in [-0.39, 0.29) is 0 Å². The van der Waals surface area contributed by atoms with Crippen LogP contribution in [0.2, 0.25) is 0 Å². The molecule has 0 saturated carbocycles. The summed E-state index contributed by atoms with van der Waals surface area (Å²) in [6.07, 6.45) is 4.18. The molecule has 1 aromatic heterocycles. The lowest BCUT2D eigenvalue weighted by molar-refractivity contribution is 0.414. The lowest BCUT2D eigenvalue weighted by Gasteiger charge is -2.07. The summed E-state index contributed by atoms with van der Waals surface area (Å²) in [5.74, 6) is 1.70. The zero-order valence-corrected chi connectivity index (χ0v) is 11.6. The van der Waals surface area contributed by atoms with Crippen molar-refractivity contribution in [3.63, 3.8) is 0 Å². The smallest absolute Gasteiger partial charge is 0.143 e. The summed E-state index contributed by atoms with van der Waals surface area (Å²) in [6, 6.07) is 8.07. The Hall–Kier alpha value is -1.62. The van der Waals surface area contributed by atoms with Crippen LogP contribution in [-0.2, 0) is 6.42 Å². The maximum Gasteiger partial charge on any atom is 0.143 e. The van der Waals surface area contributed by atoms with Gasteiger partial charge in [-0.05, 0) is 40.0 Å². The molecule has 2 aromatic rings. The summed E-state index contributed by atoms with van der Waals surface area (Å²) >= 11 is 3.40. The first-order chi connectivity index (χ1) is 8.79. The normalized spacial score (nSPS) is 10.1. The van der Waals surface area contributed by atoms with Crippen LogP contribution in [0.25, 0.3) is 0 Å². The summed E-state index contributed by atoms with van der Waals surface area (Å²) in [6.45, 7) is 0.821. The predicted octanol–water partition coefficient (Wildman–Crippen LogP) is 2.90. The van der Waals surface area contributed by atoms with Gasteiger partial charge < -0.3 is 10.1 Å². The molecule has 0 amide bonds. The van der Waals surface area contributed by atoms with Crippen molar-refractivity contribution in [3.8, 4) is 5.75 Å². The number of anilines is 1. The third-order valence-corrected chi connectivity index (χ3v) is 3.11. The lowest BCUT2D eigenvalue weighted by atomic mass is 10.1. The number of aromatic nitrogens is 2. The van der Waals surface area contributed by atoms with Gasteiger partial charge in [0.2, 0.25) is 0 Å². The lowest BCUT2D eigenvalue weighted by Crippen LogP contribution is -2.06. The van der Waals surface area contributed by atoms with Gasteiger partial charge in [-0.15, -0.1) is 0 Å². The minimum Gasteiger partial charge on any atom is -0.497 e. The number of hydrogen-bond acceptors (Lipinski definition) is 4. The van der Waals surface area contributed by atoms with Gasteiger partial charge in [-0.3, -0.25) is 0 Å². The molecule has 0 aliphatic rings. The molecule has 2 rings (SSSR count). The van der Waals surface area contributed by atoms with Crippen LogP contribution in [-0.4, -0.2) is 23.6 Å². The molecule has 94 valence electrons. The number of halogens is 1. The number of benzene rings is 1. The zero-order valence-electron chi connectivity index (χ0n) is 10.1. The topological polar surface area (TPSA) is 47.0 Å². The fraction of sp³-hybridized carbons (Fsp3) is 0.231. The fourth-order valence-corrected chi connectivity index (χ4v) is 1.92. The molecule has 4 nitrogen and oxygen atoms in total. The zero-order chi connectivity index (χ0) is 12.8. The summed E-state index contributed by atoms with van der Waals surface area (Å²) in [4.78, 5) is 8.07. The van der Waals surface area contributed by atoms with Crippen molar-refractivity contribution >= 4 is 21.7 Å². The van der Waals surface area contributed by atoms with Crippen molar-refractivity contribution in [3.05, 3.63) is 46.8 Å². The minimum atomic E-state index is 0.818. The highest BCUT2D eigenvalue weighted by Gasteiger charge is 2.00. The first-order valence-corrected chi connectivity index (χ1v) is 6.41. The number of nitrogens with one attached hydrogen (secondary N) is 1. The number of nitrogens with zero attached hydrogens (tertiary/aromatic N) is 2. The first kappa shape index (κ1) is 12.8. The number of methoxy groups -OCH3 is 1. The van der Waals surface area contributed by atoms with Crippen LogP contribution < -0.4 is 10.1 Å². The molecular formula is C13H14BrN3O. The monoisotopic (exact) mass is 307 g/mol. The Balaban J connectivity index is 1.86. The van der Waals surface area contributed by atoms with E-state index >= 15 is 0 Å². The highest BCUT2D eigenvalue weighted by atomic mass is 79.9. The second-order valence-electron chi connectivity index (χ2n) is 3.74. The Morgan fingerprint density at radius 3 is 2.72 bits per heavy atom. The van der Waals surface area contributed by atoms with Crippen LogP contribution in [0.1, 0.15) is 5.56 Å². The van der Waals surface area contributed by atoms with Crippen LogP contribution in [0.3, 0.4) is 0 Å². The Bertz CT molecular complexity index is 502. The molecule has 0 saturated heterocycles. The molecule has 5 heteroatoms. The third kappa shape index (κ3) is 3.43. The molecule has 1 N–H and O–H groups in total. The van der Waals surface area contributed by atoms with Crippen molar-refractivity contribution < 1.29 is 4.74 Å². The molecule has 1 aromatic carbocycles. The van der Waals surface area contributed by atoms with Gasteiger partial charge in [-0.25, -0.2) is 9.97 Å². The quantitative estimate of drug-likeness (QED) is 0.922. The average Bonchev–Trinajstić information content (AvgIpc) is 2.42. The summed E-state index contributed by atoms with van der Waals surface area (Å²) in [5.41, 5.74) is 1.26. The molecule has 18 heavy (non-hydrogen) atoms. The van der Waals surface area contributed by atoms with Crippen LogP contribution >= 0.6 is 15.9 Å². The third-order valence-electron chi connectivity index (χ3n) is 2.53. The molecule has 0 radical (unpaired) electrons. The van der Waals surface area contributed by atoms with E-state index in [2.05, 4.69) is 43.3 Å². The second kappa shape index (κ2) is 6.35. The van der Waals surface area contributed by atoms with Gasteiger partial charge in [0.25, 0.3) is 0 Å². The van der Waals surface area contributed by atoms with Gasteiger partial charge in [0.1, 0.15) is 17.9 Å². The van der Waals surface area contributed by atoms with E-state index in [9.17, 15) is 0 Å². The van der Waals surface area contributed by atoms with E-state index in [1.54, 1.807) is 13.3 Å². The SMILES string of the molecule is COc1ccc(CCNc2ncncc2Br)cc1. The fourth-order valence-electron chi connectivity index (χ4n) is 1.56. The minimum absolute atomic E-state index is 0.818. The maximum atomic E-state index is 5.12. The van der Waals surface area contributed by atoms with Crippen LogP contribution in [0.4, 0.5) is 5.82 Å². The largest absolute Gasteiger partial charge is 0.497 e. The highest BCUT2D eigenvalue weighted by Crippen LogP contribution is 2.17. The van der Waals surface area contributed by atoms with Gasteiger partial charge >= 0.3 is 0 Å². The summed E-state index contributed by atoms with van der Waals surface area (Å²) in [7, 11) is 1.67. The number of ether oxygens (including phenoxy) is 1. The van der Waals surface area contributed by atoms with E-state index in [0.717, 1.165) is 29.0 Å². The molecule has 0 atom stereocenters. The molecule has 0 aliphatic carbocycles. The first-order valence-electron chi connectivity index (χ1n) is 5.62. The van der Waals surface area contributed by atoms with E-state index in [1.165, 1.54) is 11.9 Å². The van der Waals surface area contributed by atoms with Crippen molar-refractivity contribution in [2.75, 3.05) is 19.0 Å². The maximum absolute atomic E-state index is 5.12. The van der Waals surface area contributed by atoms with E-state index in [1.807, 2.05) is 12.1 Å². The van der Waals surface area contributed by atoms with Crippen molar-refractivity contribution in [2.24, 2.45) is 0 Å². The number of hydrogen-bond donors (Lipinski definition) is 1. The summed E-state index contributed by atoms with van der Waals surface area (Å²) in [5, 5.41) is 3.26. The predicted molar refractivity (Wildman–Crippen MR) is 74.9 cm³/mol. The van der Waals surface area contributed by atoms with Gasteiger partial charge in [-0.2, -0.15) is 0 Å². The van der Waals surface area contributed by atoms with E-state index in [4.69, 9.17) is 4.74 Å². The van der Waals surface area contributed by atoms with Gasteiger partial charge in [-0.1, -0.05) is 12.1 Å². The highest BCUT2D eigenvalue weighted by molar-refractivity contribution is 9.10. The molecule has 0 unspecified atom stereocenters. The Kier molecular flexibility index (Phi) is 4.52. The van der Waals surface area contributed by atoms with E-state index in [0.29, 0.717) is 0 Å². The van der Waals surface area contributed by atoms with Crippen molar-refractivity contribution in [2.45, 2.75) is 6.42 Å². The van der Waals surface area contributed by atoms with E-state index < -0.39 is 0 Å². The Labute approximate surface area is 115 Å². The van der Waals surface area contributed by atoms with Gasteiger partial charge in [0, 0.05) is 12.7 Å². The van der Waals surface area contributed by atoms with Gasteiger partial charge in [0.15, 0.2) is 0 Å². The molecule has 0 spiro atoms. The average molecular weight is 308 g/mol. The van der Waals surface area contributed by atoms with Crippen molar-refractivity contribution in [1.29, 1.82) is 0 Å². The Morgan fingerprint density at radius 1 is 1.28 bits per heavy atom. The molecule has 0 bridgehead atoms. The molecule has 1 heterocycles. The standard InChI is InChI=1S/C13H14BrN3O/c1-18-11-4-2-10(3-5-11)6-7-16-13-12(14)8-15-9-17-13/h2-5,8-9H,6-7H2,1H3,(H,15,16,17). The van der Waals surface area contributed by atoms with Crippen LogP contribution in [0.5, 0.6) is 5.75 Å². The second-order valence-corrected chi connectivity index (χ2v) is 4.60. The van der Waals surface area contributed by atoms with Crippen LogP contribution in [0.15, 0.2) is 41.3 Å². The summed E-state index contributed by atoms with van der Waals surface area (Å²) < 4.78 is 5.99.